The third-order valence-corrected chi connectivity index (χ3v) is 5.75. The molecule has 0 bridgehead atoms. The van der Waals surface area contributed by atoms with Crippen molar-refractivity contribution < 1.29 is 23.4 Å². The average Bonchev–Trinajstić information content (AvgIpc) is 2.85. The number of hydrogen-bond donors (Lipinski definition) is 0. The van der Waals surface area contributed by atoms with Crippen molar-refractivity contribution in [3.8, 4) is 34.3 Å². The first-order chi connectivity index (χ1) is 16.0. The van der Waals surface area contributed by atoms with Gasteiger partial charge < -0.3 is 23.4 Å². The molecule has 0 unspecified atom stereocenters. The summed E-state index contributed by atoms with van der Waals surface area (Å²) < 4.78 is 28.7. The first-order valence-electron chi connectivity index (χ1n) is 10.5. The molecule has 1 aromatic heterocycles. The summed E-state index contributed by atoms with van der Waals surface area (Å²) in [5.74, 6) is 2.20. The molecule has 33 heavy (non-hydrogen) atoms. The summed E-state index contributed by atoms with van der Waals surface area (Å²) in [6.45, 7) is 4.15. The Bertz CT molecular complexity index is 1360. The molecule has 0 N–H and O–H groups in total. The summed E-state index contributed by atoms with van der Waals surface area (Å²) >= 11 is 0. The Kier molecular flexibility index (Phi) is 6.27. The largest absolute Gasteiger partial charge is 0.496 e. The topological polar surface area (TPSA) is 67.1 Å². The highest BCUT2D eigenvalue weighted by molar-refractivity contribution is 5.87. The smallest absolute Gasteiger partial charge is 0.235 e. The van der Waals surface area contributed by atoms with Gasteiger partial charge in [-0.3, -0.25) is 4.79 Å². The monoisotopic (exact) mass is 446 g/mol. The van der Waals surface area contributed by atoms with E-state index >= 15 is 0 Å². The molecule has 0 saturated heterocycles. The highest BCUT2D eigenvalue weighted by Crippen LogP contribution is 2.38. The van der Waals surface area contributed by atoms with Gasteiger partial charge in [-0.15, -0.1) is 0 Å². The predicted octanol–water partition coefficient (Wildman–Crippen LogP) is 5.68. The minimum Gasteiger partial charge on any atom is -0.496 e. The predicted molar refractivity (Wildman–Crippen MR) is 128 cm³/mol. The van der Waals surface area contributed by atoms with E-state index in [-0.39, 0.29) is 11.2 Å². The van der Waals surface area contributed by atoms with E-state index in [1.807, 2.05) is 44.2 Å². The molecular weight excluding hydrogens is 420 g/mol. The molecule has 0 amide bonds. The summed E-state index contributed by atoms with van der Waals surface area (Å²) in [7, 11) is 4.64. The van der Waals surface area contributed by atoms with Crippen molar-refractivity contribution in [1.29, 1.82) is 0 Å². The molecule has 170 valence electrons. The van der Waals surface area contributed by atoms with Gasteiger partial charge in [0.05, 0.1) is 26.7 Å². The van der Waals surface area contributed by atoms with E-state index in [0.29, 0.717) is 46.1 Å². The second-order valence-corrected chi connectivity index (χ2v) is 7.64. The van der Waals surface area contributed by atoms with Gasteiger partial charge in [0.1, 0.15) is 17.9 Å². The van der Waals surface area contributed by atoms with Crippen molar-refractivity contribution in [1.82, 2.24) is 0 Å². The van der Waals surface area contributed by atoms with Gasteiger partial charge in [-0.1, -0.05) is 30.3 Å². The van der Waals surface area contributed by atoms with Crippen molar-refractivity contribution in [3.05, 3.63) is 81.5 Å². The van der Waals surface area contributed by atoms with Crippen LogP contribution in [0.15, 0.2) is 63.8 Å². The molecule has 0 radical (unpaired) electrons. The fraction of sp³-hybridized carbons (Fsp3) is 0.222. The van der Waals surface area contributed by atoms with Crippen LogP contribution >= 0.6 is 0 Å². The minimum atomic E-state index is -0.237. The number of ether oxygens (including phenoxy) is 4. The Morgan fingerprint density at radius 1 is 0.788 bits per heavy atom. The fourth-order valence-corrected chi connectivity index (χ4v) is 3.85. The van der Waals surface area contributed by atoms with Gasteiger partial charge in [0.2, 0.25) is 11.2 Å². The molecule has 3 aromatic carbocycles. The van der Waals surface area contributed by atoms with Crippen LogP contribution in [-0.4, -0.2) is 21.3 Å². The van der Waals surface area contributed by atoms with E-state index in [0.717, 1.165) is 16.7 Å². The molecular formula is C27H26O6. The van der Waals surface area contributed by atoms with Crippen molar-refractivity contribution in [2.45, 2.75) is 20.5 Å². The lowest BCUT2D eigenvalue weighted by Gasteiger charge is -2.15. The SMILES string of the molecule is COc1ccc(-c2oc3cc(OC)c(C)c(C)c3c(=O)c2OC)cc1OCc1ccccc1. The van der Waals surface area contributed by atoms with E-state index in [9.17, 15) is 4.79 Å². The molecule has 4 rings (SSSR count). The molecule has 0 atom stereocenters. The van der Waals surface area contributed by atoms with Crippen molar-refractivity contribution in [2.24, 2.45) is 0 Å². The molecule has 6 heteroatoms. The Labute approximate surface area is 192 Å². The molecule has 0 spiro atoms. The zero-order chi connectivity index (χ0) is 23.5. The number of rotatable bonds is 7. The van der Waals surface area contributed by atoms with Crippen LogP contribution < -0.4 is 24.4 Å². The lowest BCUT2D eigenvalue weighted by molar-refractivity contribution is 0.284. The Morgan fingerprint density at radius 2 is 1.52 bits per heavy atom. The quantitative estimate of drug-likeness (QED) is 0.364. The lowest BCUT2D eigenvalue weighted by Crippen LogP contribution is -2.10. The minimum absolute atomic E-state index is 0.134. The van der Waals surface area contributed by atoms with E-state index in [2.05, 4.69) is 0 Å². The molecule has 0 aliphatic rings. The molecule has 0 fully saturated rings. The summed E-state index contributed by atoms with van der Waals surface area (Å²) in [4.78, 5) is 13.4. The maximum atomic E-state index is 13.4. The summed E-state index contributed by atoms with van der Waals surface area (Å²) in [5.41, 5.74) is 3.53. The van der Waals surface area contributed by atoms with Crippen LogP contribution in [0.5, 0.6) is 23.0 Å². The highest BCUT2D eigenvalue weighted by Gasteiger charge is 2.21. The maximum Gasteiger partial charge on any atom is 0.235 e. The second kappa shape index (κ2) is 9.28. The number of aryl methyl sites for hydroxylation is 1. The third-order valence-electron chi connectivity index (χ3n) is 5.75. The fourth-order valence-electron chi connectivity index (χ4n) is 3.85. The maximum absolute atomic E-state index is 13.4. The molecule has 0 saturated carbocycles. The van der Waals surface area contributed by atoms with E-state index in [4.69, 9.17) is 23.4 Å². The molecule has 0 aliphatic carbocycles. The van der Waals surface area contributed by atoms with Crippen LogP contribution in [0.2, 0.25) is 0 Å². The summed E-state index contributed by atoms with van der Waals surface area (Å²) in [6.07, 6.45) is 0. The van der Waals surface area contributed by atoms with Crippen LogP contribution in [0.1, 0.15) is 16.7 Å². The number of benzene rings is 3. The van der Waals surface area contributed by atoms with Gasteiger partial charge >= 0.3 is 0 Å². The number of hydrogen-bond acceptors (Lipinski definition) is 6. The van der Waals surface area contributed by atoms with Gasteiger partial charge in [-0.25, -0.2) is 0 Å². The lowest BCUT2D eigenvalue weighted by atomic mass is 10.0. The number of methoxy groups -OCH3 is 3. The standard InChI is InChI=1S/C27H26O6/c1-16-17(2)24-23(14-21(16)30-4)33-26(27(31-5)25(24)28)19-11-12-20(29-3)22(13-19)32-15-18-9-7-6-8-10-18/h6-14H,15H2,1-5H3. The molecule has 6 nitrogen and oxygen atoms in total. The van der Waals surface area contributed by atoms with Gasteiger partial charge in [0, 0.05) is 11.6 Å². The third kappa shape index (κ3) is 4.12. The molecule has 0 aliphatic heterocycles. The van der Waals surface area contributed by atoms with Crippen molar-refractivity contribution in [3.63, 3.8) is 0 Å². The van der Waals surface area contributed by atoms with Crippen molar-refractivity contribution >= 4 is 11.0 Å². The van der Waals surface area contributed by atoms with E-state index in [1.165, 1.54) is 7.11 Å². The zero-order valence-electron chi connectivity index (χ0n) is 19.4. The van der Waals surface area contributed by atoms with Gasteiger partial charge in [-0.05, 0) is 48.7 Å². The first-order valence-corrected chi connectivity index (χ1v) is 10.5. The van der Waals surface area contributed by atoms with Crippen LogP contribution in [0.4, 0.5) is 0 Å². The van der Waals surface area contributed by atoms with Crippen LogP contribution in [0.25, 0.3) is 22.3 Å². The summed E-state index contributed by atoms with van der Waals surface area (Å²) in [6, 6.07) is 16.9. The normalized spacial score (nSPS) is 10.8. The summed E-state index contributed by atoms with van der Waals surface area (Å²) in [5, 5.41) is 0.475. The Morgan fingerprint density at radius 3 is 2.18 bits per heavy atom. The zero-order valence-corrected chi connectivity index (χ0v) is 19.4. The molecule has 1 heterocycles. The van der Waals surface area contributed by atoms with E-state index < -0.39 is 0 Å². The Balaban J connectivity index is 1.85. The van der Waals surface area contributed by atoms with Crippen LogP contribution in [0, 0.1) is 13.8 Å². The van der Waals surface area contributed by atoms with Crippen molar-refractivity contribution in [2.75, 3.05) is 21.3 Å². The van der Waals surface area contributed by atoms with Gasteiger partial charge in [0.15, 0.2) is 17.3 Å². The molecule has 4 aromatic rings. The highest BCUT2D eigenvalue weighted by atomic mass is 16.5. The van der Waals surface area contributed by atoms with Crippen LogP contribution in [0.3, 0.4) is 0 Å². The Hall–Kier alpha value is -3.93. The van der Waals surface area contributed by atoms with Gasteiger partial charge in [0.25, 0.3) is 0 Å². The average molecular weight is 446 g/mol. The van der Waals surface area contributed by atoms with Gasteiger partial charge in [-0.2, -0.15) is 0 Å². The van der Waals surface area contributed by atoms with Crippen LogP contribution in [-0.2, 0) is 6.61 Å². The number of fused-ring (bicyclic) bond motifs is 1. The first kappa shape index (κ1) is 22.3. The second-order valence-electron chi connectivity index (χ2n) is 7.64. The van der Waals surface area contributed by atoms with E-state index in [1.54, 1.807) is 38.5 Å².